The summed E-state index contributed by atoms with van der Waals surface area (Å²) < 4.78 is 10.5. The van der Waals surface area contributed by atoms with Crippen LogP contribution in [0, 0.1) is 6.92 Å². The number of hydrogen-bond acceptors (Lipinski definition) is 6. The minimum Gasteiger partial charge on any atom is -0.491 e. The first-order chi connectivity index (χ1) is 12.0. The lowest BCUT2D eigenvalue weighted by molar-refractivity contribution is 0.0741. The molecular weight excluding hydrogens is 322 g/mol. The fourth-order valence-corrected chi connectivity index (χ4v) is 2.14. The maximum Gasteiger partial charge on any atom is 0.276 e. The molecule has 1 aromatic heterocycles. The Morgan fingerprint density at radius 3 is 2.56 bits per heavy atom. The van der Waals surface area contributed by atoms with Crippen LogP contribution in [-0.4, -0.2) is 65.8 Å². The van der Waals surface area contributed by atoms with Crippen molar-refractivity contribution in [3.8, 4) is 11.4 Å². The van der Waals surface area contributed by atoms with Crippen molar-refractivity contribution >= 4 is 5.91 Å². The molecule has 0 spiro atoms. The van der Waals surface area contributed by atoms with Crippen LogP contribution in [0.1, 0.15) is 23.1 Å². The first-order valence-electron chi connectivity index (χ1n) is 8.11. The lowest BCUT2D eigenvalue weighted by Gasteiger charge is -2.22. The van der Waals surface area contributed by atoms with Gasteiger partial charge in [0.25, 0.3) is 5.91 Å². The third-order valence-electron chi connectivity index (χ3n) is 3.93. The number of ether oxygens (including phenoxy) is 2. The zero-order valence-corrected chi connectivity index (χ0v) is 15.1. The minimum absolute atomic E-state index is 0.0689. The van der Waals surface area contributed by atoms with E-state index in [1.165, 1.54) is 4.80 Å². The van der Waals surface area contributed by atoms with E-state index in [9.17, 15) is 4.79 Å². The van der Waals surface area contributed by atoms with Gasteiger partial charge in [-0.25, -0.2) is 0 Å². The van der Waals surface area contributed by atoms with Crippen molar-refractivity contribution in [1.29, 1.82) is 0 Å². The summed E-state index contributed by atoms with van der Waals surface area (Å²) in [4.78, 5) is 15.6. The Balaban J connectivity index is 2.15. The first-order valence-corrected chi connectivity index (χ1v) is 8.11. The quantitative estimate of drug-likeness (QED) is 0.716. The Bertz CT molecular complexity index is 699. The molecule has 2 aromatic rings. The normalized spacial score (nSPS) is 12.0. The molecule has 136 valence electrons. The molecule has 2 N–H and O–H groups in total. The number of methoxy groups -OCH3 is 1. The van der Waals surface area contributed by atoms with Crippen LogP contribution in [0.25, 0.3) is 5.69 Å². The molecule has 0 aliphatic carbocycles. The van der Waals surface area contributed by atoms with Gasteiger partial charge in [-0.2, -0.15) is 9.90 Å². The predicted octanol–water partition coefficient (Wildman–Crippen LogP) is 1.02. The van der Waals surface area contributed by atoms with Crippen LogP contribution >= 0.6 is 0 Å². The monoisotopic (exact) mass is 347 g/mol. The molecule has 0 fully saturated rings. The maximum atomic E-state index is 12.5. The molecule has 8 heteroatoms. The van der Waals surface area contributed by atoms with E-state index in [1.54, 1.807) is 26.0 Å². The van der Waals surface area contributed by atoms with E-state index in [-0.39, 0.29) is 11.9 Å². The van der Waals surface area contributed by atoms with Crippen LogP contribution in [-0.2, 0) is 4.74 Å². The van der Waals surface area contributed by atoms with Crippen molar-refractivity contribution in [2.75, 3.05) is 33.9 Å². The number of aromatic nitrogens is 3. The van der Waals surface area contributed by atoms with E-state index >= 15 is 0 Å². The SMILES string of the molecule is COCCOc1ccc(-n2nc(C)c(C(=O)N(C)C(C)CN)n2)cc1. The van der Waals surface area contributed by atoms with Crippen molar-refractivity contribution < 1.29 is 14.3 Å². The van der Waals surface area contributed by atoms with Gasteiger partial charge in [0.05, 0.1) is 18.0 Å². The van der Waals surface area contributed by atoms with Crippen molar-refractivity contribution in [3.63, 3.8) is 0 Å². The van der Waals surface area contributed by atoms with Gasteiger partial charge < -0.3 is 20.1 Å². The molecule has 1 amide bonds. The number of likely N-dealkylation sites (N-methyl/N-ethyl adjacent to an activating group) is 1. The molecular formula is C17H25N5O3. The molecule has 25 heavy (non-hydrogen) atoms. The van der Waals surface area contributed by atoms with Gasteiger partial charge in [0.2, 0.25) is 0 Å². The van der Waals surface area contributed by atoms with E-state index in [0.717, 1.165) is 11.4 Å². The van der Waals surface area contributed by atoms with Crippen molar-refractivity contribution in [1.82, 2.24) is 19.9 Å². The largest absolute Gasteiger partial charge is 0.491 e. The fraction of sp³-hybridized carbons (Fsp3) is 0.471. The Morgan fingerprint density at radius 2 is 1.96 bits per heavy atom. The second-order valence-corrected chi connectivity index (χ2v) is 5.76. The smallest absolute Gasteiger partial charge is 0.276 e. The number of nitrogens with two attached hydrogens (primary N) is 1. The topological polar surface area (TPSA) is 95.5 Å². The van der Waals surface area contributed by atoms with Crippen molar-refractivity contribution in [2.45, 2.75) is 19.9 Å². The standard InChI is InChI=1S/C17H25N5O3/c1-12(11-18)21(3)17(23)16-13(2)19-22(20-16)14-5-7-15(8-6-14)25-10-9-24-4/h5-8,12H,9-11,18H2,1-4H3. The second-order valence-electron chi connectivity index (χ2n) is 5.76. The highest BCUT2D eigenvalue weighted by Gasteiger charge is 2.22. The van der Waals surface area contributed by atoms with Crippen molar-refractivity contribution in [3.05, 3.63) is 35.7 Å². The molecule has 0 saturated heterocycles. The third-order valence-corrected chi connectivity index (χ3v) is 3.93. The number of hydrogen-bond donors (Lipinski definition) is 1. The summed E-state index contributed by atoms with van der Waals surface area (Å²) in [7, 11) is 3.34. The number of aryl methyl sites for hydroxylation is 1. The molecule has 0 bridgehead atoms. The summed E-state index contributed by atoms with van der Waals surface area (Å²) in [6, 6.07) is 7.26. The van der Waals surface area contributed by atoms with Crippen LogP contribution in [0.2, 0.25) is 0 Å². The van der Waals surface area contributed by atoms with Crippen LogP contribution < -0.4 is 10.5 Å². The van der Waals surface area contributed by atoms with Crippen LogP contribution in [0.5, 0.6) is 5.75 Å². The highest BCUT2D eigenvalue weighted by atomic mass is 16.5. The van der Waals surface area contributed by atoms with Crippen molar-refractivity contribution in [2.24, 2.45) is 5.73 Å². The zero-order valence-electron chi connectivity index (χ0n) is 15.1. The summed E-state index contributed by atoms with van der Waals surface area (Å²) in [6.45, 7) is 5.06. The van der Waals surface area contributed by atoms with Crippen LogP contribution in [0.3, 0.4) is 0 Å². The molecule has 1 atom stereocenters. The van der Waals surface area contributed by atoms with Crippen LogP contribution in [0.4, 0.5) is 0 Å². The van der Waals surface area contributed by atoms with Gasteiger partial charge in [-0.05, 0) is 38.1 Å². The summed E-state index contributed by atoms with van der Waals surface area (Å²) in [5, 5.41) is 8.68. The van der Waals surface area contributed by atoms with E-state index in [2.05, 4.69) is 10.2 Å². The van der Waals surface area contributed by atoms with Gasteiger partial charge in [0.15, 0.2) is 5.69 Å². The van der Waals surface area contributed by atoms with E-state index < -0.39 is 0 Å². The Hall–Kier alpha value is -2.45. The zero-order chi connectivity index (χ0) is 18.4. The molecule has 2 rings (SSSR count). The Morgan fingerprint density at radius 1 is 1.28 bits per heavy atom. The highest BCUT2D eigenvalue weighted by molar-refractivity contribution is 5.93. The average Bonchev–Trinajstić information content (AvgIpc) is 3.02. The van der Waals surface area contributed by atoms with Gasteiger partial charge >= 0.3 is 0 Å². The summed E-state index contributed by atoms with van der Waals surface area (Å²) in [5.74, 6) is 0.540. The number of rotatable bonds is 8. The predicted molar refractivity (Wildman–Crippen MR) is 94.1 cm³/mol. The molecule has 0 aliphatic heterocycles. The fourth-order valence-electron chi connectivity index (χ4n) is 2.14. The lowest BCUT2D eigenvalue weighted by atomic mass is 10.2. The summed E-state index contributed by atoms with van der Waals surface area (Å²) in [5.41, 5.74) is 7.27. The molecule has 1 heterocycles. The molecule has 0 aliphatic rings. The number of carbonyl (C=O) groups excluding carboxylic acids is 1. The third kappa shape index (κ3) is 4.55. The van der Waals surface area contributed by atoms with Crippen LogP contribution in [0.15, 0.2) is 24.3 Å². The summed E-state index contributed by atoms with van der Waals surface area (Å²) >= 11 is 0. The number of carbonyl (C=O) groups is 1. The lowest BCUT2D eigenvalue weighted by Crippen LogP contribution is -2.40. The molecule has 0 saturated carbocycles. The summed E-state index contributed by atoms with van der Waals surface area (Å²) in [6.07, 6.45) is 0. The van der Waals surface area contributed by atoms with Gasteiger partial charge in [-0.15, -0.1) is 5.10 Å². The molecule has 1 unspecified atom stereocenters. The minimum atomic E-state index is -0.193. The van der Waals surface area contributed by atoms with E-state index in [0.29, 0.717) is 31.1 Å². The van der Waals surface area contributed by atoms with E-state index in [4.69, 9.17) is 15.2 Å². The maximum absolute atomic E-state index is 12.5. The second kappa shape index (κ2) is 8.59. The average molecular weight is 347 g/mol. The van der Waals surface area contributed by atoms with Gasteiger partial charge in [-0.3, -0.25) is 4.79 Å². The first kappa shape index (κ1) is 18.9. The van der Waals surface area contributed by atoms with Gasteiger partial charge in [-0.1, -0.05) is 0 Å². The number of benzene rings is 1. The highest BCUT2D eigenvalue weighted by Crippen LogP contribution is 2.16. The van der Waals surface area contributed by atoms with Gasteiger partial charge in [0.1, 0.15) is 12.4 Å². The molecule has 1 aromatic carbocycles. The Kier molecular flexibility index (Phi) is 6.49. The molecule has 0 radical (unpaired) electrons. The van der Waals surface area contributed by atoms with Gasteiger partial charge in [0, 0.05) is 26.7 Å². The Labute approximate surface area is 147 Å². The number of nitrogens with zero attached hydrogens (tertiary/aromatic N) is 4. The number of amides is 1. The van der Waals surface area contributed by atoms with E-state index in [1.807, 2.05) is 31.2 Å². The molecule has 8 nitrogen and oxygen atoms in total.